The molecule has 1 aliphatic heterocycles. The zero-order valence-corrected chi connectivity index (χ0v) is 16.7. The largest absolute Gasteiger partial charge is 0.343 e. The lowest BCUT2D eigenvalue weighted by Gasteiger charge is -2.30. The molecule has 0 spiro atoms. The van der Waals surface area contributed by atoms with Crippen LogP contribution in [0.2, 0.25) is 0 Å². The fourth-order valence-electron chi connectivity index (χ4n) is 3.74. The second-order valence-corrected chi connectivity index (χ2v) is 7.74. The van der Waals surface area contributed by atoms with E-state index in [1.807, 2.05) is 54.6 Å². The Bertz CT molecular complexity index is 937. The summed E-state index contributed by atoms with van der Waals surface area (Å²) >= 11 is 0. The number of aromatic nitrogens is 2. The molecule has 0 saturated carbocycles. The molecule has 6 nitrogen and oxygen atoms in total. The van der Waals surface area contributed by atoms with Gasteiger partial charge in [-0.15, -0.1) is 0 Å². The maximum Gasteiger partial charge on any atom is 0.251 e. The molecule has 0 unspecified atom stereocenters. The highest BCUT2D eigenvalue weighted by Gasteiger charge is 2.16. The number of carbonyl (C=O) groups is 1. The van der Waals surface area contributed by atoms with E-state index in [4.69, 9.17) is 4.52 Å². The first-order valence-corrected chi connectivity index (χ1v) is 10.1. The smallest absolute Gasteiger partial charge is 0.251 e. The zero-order valence-electron chi connectivity index (χ0n) is 16.7. The molecular weight excluding hydrogens is 364 g/mol. The molecule has 1 amide bonds. The summed E-state index contributed by atoms with van der Waals surface area (Å²) < 4.78 is 5.24. The minimum atomic E-state index is -0.150. The fourth-order valence-corrected chi connectivity index (χ4v) is 3.74. The molecular formula is C23H26N4O2. The van der Waals surface area contributed by atoms with E-state index in [2.05, 4.69) is 27.3 Å². The Morgan fingerprint density at radius 1 is 1.17 bits per heavy atom. The van der Waals surface area contributed by atoms with Gasteiger partial charge in [0.1, 0.15) is 0 Å². The summed E-state index contributed by atoms with van der Waals surface area (Å²) in [4.78, 5) is 19.3. The predicted molar refractivity (Wildman–Crippen MR) is 111 cm³/mol. The summed E-state index contributed by atoms with van der Waals surface area (Å²) in [6.45, 7) is 5.76. The third kappa shape index (κ3) is 5.09. The van der Waals surface area contributed by atoms with Crippen molar-refractivity contribution < 1.29 is 9.32 Å². The van der Waals surface area contributed by atoms with Gasteiger partial charge in [0.15, 0.2) is 0 Å². The van der Waals surface area contributed by atoms with Gasteiger partial charge in [0.2, 0.25) is 11.7 Å². The van der Waals surface area contributed by atoms with E-state index in [1.54, 1.807) is 0 Å². The summed E-state index contributed by atoms with van der Waals surface area (Å²) in [5.74, 6) is 1.52. The number of piperidine rings is 1. The molecule has 1 saturated heterocycles. The molecule has 1 atom stereocenters. The van der Waals surface area contributed by atoms with Crippen molar-refractivity contribution in [1.82, 2.24) is 20.4 Å². The van der Waals surface area contributed by atoms with Gasteiger partial charge >= 0.3 is 0 Å². The number of carbonyl (C=O) groups excluding carboxylic acids is 1. The van der Waals surface area contributed by atoms with E-state index < -0.39 is 0 Å². The number of nitrogens with zero attached hydrogens (tertiary/aromatic N) is 3. The number of hydrogen-bond acceptors (Lipinski definition) is 5. The van der Waals surface area contributed by atoms with E-state index in [9.17, 15) is 4.79 Å². The fraction of sp³-hybridized carbons (Fsp3) is 0.348. The second kappa shape index (κ2) is 9.01. The van der Waals surface area contributed by atoms with Crippen molar-refractivity contribution in [3.8, 4) is 11.4 Å². The topological polar surface area (TPSA) is 71.3 Å². The third-order valence-electron chi connectivity index (χ3n) is 5.26. The van der Waals surface area contributed by atoms with Crippen LogP contribution in [0.4, 0.5) is 0 Å². The van der Waals surface area contributed by atoms with Gasteiger partial charge in [0, 0.05) is 24.2 Å². The molecule has 4 rings (SSSR count). The lowest BCUT2D eigenvalue weighted by atomic mass is 9.99. The van der Waals surface area contributed by atoms with Crippen LogP contribution < -0.4 is 5.32 Å². The average Bonchev–Trinajstić information content (AvgIpc) is 3.22. The monoisotopic (exact) mass is 390 g/mol. The van der Waals surface area contributed by atoms with E-state index in [0.29, 0.717) is 17.3 Å². The van der Waals surface area contributed by atoms with Gasteiger partial charge in [-0.25, -0.2) is 0 Å². The number of nitrogens with one attached hydrogen (secondary N) is 1. The lowest BCUT2D eigenvalue weighted by Crippen LogP contribution is -2.33. The first-order valence-electron chi connectivity index (χ1n) is 10.1. The minimum absolute atomic E-state index is 0.150. The molecule has 6 heteroatoms. The van der Waals surface area contributed by atoms with Crippen LogP contribution in [0.3, 0.4) is 0 Å². The SMILES string of the molecule is C[C@@H]1CCCN(Cc2ccc(C(=O)NCc3nc(-c4ccccc4)no3)cc2)C1. The minimum Gasteiger partial charge on any atom is -0.343 e. The standard InChI is InChI=1S/C23H26N4O2/c1-17-6-5-13-27(15-17)16-18-9-11-20(12-10-18)23(28)24-14-21-25-22(26-29-21)19-7-3-2-4-8-19/h2-4,7-12,17H,5-6,13-16H2,1H3,(H,24,28)/t17-/m1/s1. The van der Waals surface area contributed by atoms with Gasteiger partial charge in [-0.3, -0.25) is 9.69 Å². The Labute approximate surface area is 170 Å². The van der Waals surface area contributed by atoms with Crippen molar-refractivity contribution in [3.63, 3.8) is 0 Å². The summed E-state index contributed by atoms with van der Waals surface area (Å²) in [5.41, 5.74) is 2.75. The van der Waals surface area contributed by atoms with Crippen molar-refractivity contribution in [2.24, 2.45) is 5.92 Å². The summed E-state index contributed by atoms with van der Waals surface area (Å²) in [5, 5.41) is 6.81. The molecule has 1 aliphatic rings. The molecule has 1 aromatic heterocycles. The highest BCUT2D eigenvalue weighted by atomic mass is 16.5. The number of rotatable bonds is 6. The number of hydrogen-bond donors (Lipinski definition) is 1. The van der Waals surface area contributed by atoms with Crippen molar-refractivity contribution in [1.29, 1.82) is 0 Å². The highest BCUT2D eigenvalue weighted by molar-refractivity contribution is 5.94. The molecule has 0 aliphatic carbocycles. The van der Waals surface area contributed by atoms with E-state index in [-0.39, 0.29) is 12.5 Å². The van der Waals surface area contributed by atoms with Crippen LogP contribution in [0.1, 0.15) is 41.6 Å². The van der Waals surface area contributed by atoms with Crippen LogP contribution in [0.15, 0.2) is 59.1 Å². The summed E-state index contributed by atoms with van der Waals surface area (Å²) in [6.07, 6.45) is 2.59. The maximum absolute atomic E-state index is 12.4. The third-order valence-corrected chi connectivity index (χ3v) is 5.26. The molecule has 2 heterocycles. The summed E-state index contributed by atoms with van der Waals surface area (Å²) in [7, 11) is 0. The Morgan fingerprint density at radius 3 is 2.72 bits per heavy atom. The van der Waals surface area contributed by atoms with Crippen LogP contribution in [0, 0.1) is 5.92 Å². The van der Waals surface area contributed by atoms with Gasteiger partial charge in [-0.2, -0.15) is 4.98 Å². The van der Waals surface area contributed by atoms with Crippen LogP contribution >= 0.6 is 0 Å². The van der Waals surface area contributed by atoms with Gasteiger partial charge < -0.3 is 9.84 Å². The van der Waals surface area contributed by atoms with Crippen LogP contribution in [0.25, 0.3) is 11.4 Å². The first kappa shape index (κ1) is 19.3. The zero-order chi connectivity index (χ0) is 20.1. The molecule has 3 aromatic rings. The van der Waals surface area contributed by atoms with Crippen LogP contribution in [-0.4, -0.2) is 34.0 Å². The van der Waals surface area contributed by atoms with Crippen molar-refractivity contribution in [3.05, 3.63) is 71.6 Å². The van der Waals surface area contributed by atoms with E-state index in [1.165, 1.54) is 18.4 Å². The number of benzene rings is 2. The Morgan fingerprint density at radius 2 is 1.97 bits per heavy atom. The molecule has 150 valence electrons. The maximum atomic E-state index is 12.4. The molecule has 1 N–H and O–H groups in total. The molecule has 29 heavy (non-hydrogen) atoms. The second-order valence-electron chi connectivity index (χ2n) is 7.74. The van der Waals surface area contributed by atoms with Crippen molar-refractivity contribution in [2.75, 3.05) is 13.1 Å². The van der Waals surface area contributed by atoms with Gasteiger partial charge in [-0.05, 0) is 43.0 Å². The Balaban J connectivity index is 1.30. The van der Waals surface area contributed by atoms with Crippen molar-refractivity contribution >= 4 is 5.91 Å². The highest BCUT2D eigenvalue weighted by Crippen LogP contribution is 2.18. The molecule has 1 fully saturated rings. The van der Waals surface area contributed by atoms with Crippen LogP contribution in [0.5, 0.6) is 0 Å². The first-order chi connectivity index (χ1) is 14.2. The summed E-state index contributed by atoms with van der Waals surface area (Å²) in [6, 6.07) is 17.4. The van der Waals surface area contributed by atoms with Gasteiger partial charge in [-0.1, -0.05) is 54.5 Å². The number of likely N-dealkylation sites (tertiary alicyclic amines) is 1. The number of amides is 1. The average molecular weight is 390 g/mol. The van der Waals surface area contributed by atoms with Crippen molar-refractivity contribution in [2.45, 2.75) is 32.9 Å². The predicted octanol–water partition coefficient (Wildman–Crippen LogP) is 3.90. The van der Waals surface area contributed by atoms with Crippen LogP contribution in [-0.2, 0) is 13.1 Å². The molecule has 0 bridgehead atoms. The lowest BCUT2D eigenvalue weighted by molar-refractivity contribution is 0.0946. The Kier molecular flexibility index (Phi) is 6.00. The van der Waals surface area contributed by atoms with Gasteiger partial charge in [0.25, 0.3) is 5.91 Å². The Hall–Kier alpha value is -2.99. The molecule has 2 aromatic carbocycles. The van der Waals surface area contributed by atoms with E-state index >= 15 is 0 Å². The van der Waals surface area contributed by atoms with Gasteiger partial charge in [0.05, 0.1) is 6.54 Å². The van der Waals surface area contributed by atoms with E-state index in [0.717, 1.165) is 31.1 Å². The normalized spacial score (nSPS) is 17.2. The quantitative estimate of drug-likeness (QED) is 0.691. The molecule has 0 radical (unpaired) electrons.